The highest BCUT2D eigenvalue weighted by atomic mass is 32.2. The summed E-state index contributed by atoms with van der Waals surface area (Å²) in [6.07, 6.45) is 2.25. The van der Waals surface area contributed by atoms with E-state index in [1.807, 2.05) is 24.3 Å². The second-order valence-corrected chi connectivity index (χ2v) is 7.65. The SMILES string of the molecule is COc1ccc([C@@H]2CC(=O)NC(SCC(=O)NC[C@H]3CCCO3)=C2C#N)cc1. The Labute approximate surface area is 168 Å². The summed E-state index contributed by atoms with van der Waals surface area (Å²) in [6, 6.07) is 9.54. The van der Waals surface area contributed by atoms with Crippen molar-refractivity contribution in [1.29, 1.82) is 5.26 Å². The maximum atomic E-state index is 12.2. The van der Waals surface area contributed by atoms with Crippen molar-refractivity contribution in [3.63, 3.8) is 0 Å². The molecular formula is C20H23N3O4S. The summed E-state index contributed by atoms with van der Waals surface area (Å²) in [6.45, 7) is 1.23. The number of amides is 2. The van der Waals surface area contributed by atoms with Crippen molar-refractivity contribution in [1.82, 2.24) is 10.6 Å². The number of rotatable bonds is 7. The van der Waals surface area contributed by atoms with Crippen LogP contribution in [0.25, 0.3) is 0 Å². The minimum absolute atomic E-state index is 0.0803. The Morgan fingerprint density at radius 3 is 2.86 bits per heavy atom. The average Bonchev–Trinajstić information content (AvgIpc) is 3.24. The van der Waals surface area contributed by atoms with Crippen LogP contribution in [0.2, 0.25) is 0 Å². The molecule has 2 atom stereocenters. The van der Waals surface area contributed by atoms with Crippen molar-refractivity contribution in [3.8, 4) is 11.8 Å². The van der Waals surface area contributed by atoms with Gasteiger partial charge < -0.3 is 20.1 Å². The minimum atomic E-state index is -0.331. The fourth-order valence-corrected chi connectivity index (χ4v) is 4.18. The third kappa shape index (κ3) is 5.06. The lowest BCUT2D eigenvalue weighted by Crippen LogP contribution is -2.34. The summed E-state index contributed by atoms with van der Waals surface area (Å²) in [7, 11) is 1.59. The zero-order valence-electron chi connectivity index (χ0n) is 15.7. The third-order valence-electron chi connectivity index (χ3n) is 4.77. The Balaban J connectivity index is 1.66. The molecule has 3 rings (SSSR count). The van der Waals surface area contributed by atoms with Crippen LogP contribution < -0.4 is 15.4 Å². The molecule has 0 saturated carbocycles. The average molecular weight is 401 g/mol. The summed E-state index contributed by atoms with van der Waals surface area (Å²) >= 11 is 1.18. The molecule has 0 radical (unpaired) electrons. The first-order valence-electron chi connectivity index (χ1n) is 9.20. The summed E-state index contributed by atoms with van der Waals surface area (Å²) in [5, 5.41) is 15.7. The van der Waals surface area contributed by atoms with Crippen molar-refractivity contribution in [2.75, 3.05) is 26.0 Å². The zero-order chi connectivity index (χ0) is 19.9. The largest absolute Gasteiger partial charge is 0.497 e. The van der Waals surface area contributed by atoms with Crippen LogP contribution in [-0.4, -0.2) is 43.9 Å². The molecule has 28 heavy (non-hydrogen) atoms. The minimum Gasteiger partial charge on any atom is -0.497 e. The van der Waals surface area contributed by atoms with Gasteiger partial charge in [-0.15, -0.1) is 0 Å². The number of nitrogens with one attached hydrogen (secondary N) is 2. The lowest BCUT2D eigenvalue weighted by atomic mass is 9.87. The quantitative estimate of drug-likeness (QED) is 0.725. The van der Waals surface area contributed by atoms with Gasteiger partial charge in [-0.25, -0.2) is 0 Å². The van der Waals surface area contributed by atoms with Crippen molar-refractivity contribution in [3.05, 3.63) is 40.4 Å². The lowest BCUT2D eigenvalue weighted by Gasteiger charge is -2.25. The number of benzene rings is 1. The number of allylic oxidation sites excluding steroid dienone is 1. The Kier molecular flexibility index (Phi) is 6.95. The maximum absolute atomic E-state index is 12.2. The van der Waals surface area contributed by atoms with Crippen LogP contribution in [-0.2, 0) is 14.3 Å². The number of thioether (sulfide) groups is 1. The van der Waals surface area contributed by atoms with Crippen molar-refractivity contribution < 1.29 is 19.1 Å². The normalized spacial score (nSPS) is 21.8. The highest BCUT2D eigenvalue weighted by Crippen LogP contribution is 2.36. The highest BCUT2D eigenvalue weighted by molar-refractivity contribution is 8.03. The van der Waals surface area contributed by atoms with E-state index in [1.54, 1.807) is 7.11 Å². The Bertz CT molecular complexity index is 795. The smallest absolute Gasteiger partial charge is 0.230 e. The molecule has 1 saturated heterocycles. The fourth-order valence-electron chi connectivity index (χ4n) is 3.28. The molecule has 0 aliphatic carbocycles. The van der Waals surface area contributed by atoms with Gasteiger partial charge in [-0.1, -0.05) is 23.9 Å². The predicted octanol–water partition coefficient (Wildman–Crippen LogP) is 2.06. The first kappa shape index (κ1) is 20.2. The standard InChI is InChI=1S/C20H23N3O4S/c1-26-14-6-4-13(5-7-14)16-9-18(24)23-20(17(16)10-21)28-12-19(25)22-11-15-3-2-8-27-15/h4-7,15-16H,2-3,8-9,11-12H2,1H3,(H,22,25)(H,23,24)/t15-,16+/m1/s1. The molecule has 2 heterocycles. The predicted molar refractivity (Wildman–Crippen MR) is 106 cm³/mol. The zero-order valence-corrected chi connectivity index (χ0v) is 16.5. The Morgan fingerprint density at radius 1 is 1.43 bits per heavy atom. The van der Waals surface area contributed by atoms with E-state index in [-0.39, 0.29) is 36.0 Å². The second kappa shape index (κ2) is 9.62. The number of nitriles is 1. The number of carbonyl (C=O) groups is 2. The van der Waals surface area contributed by atoms with E-state index in [4.69, 9.17) is 9.47 Å². The first-order chi connectivity index (χ1) is 13.6. The maximum Gasteiger partial charge on any atom is 0.230 e. The molecule has 2 amide bonds. The number of hydrogen-bond acceptors (Lipinski definition) is 6. The third-order valence-corrected chi connectivity index (χ3v) is 5.79. The molecule has 0 spiro atoms. The number of nitrogens with zero attached hydrogens (tertiary/aromatic N) is 1. The monoisotopic (exact) mass is 401 g/mol. The topological polar surface area (TPSA) is 100 Å². The van der Waals surface area contributed by atoms with E-state index in [1.165, 1.54) is 11.8 Å². The van der Waals surface area contributed by atoms with Crippen LogP contribution >= 0.6 is 11.8 Å². The van der Waals surface area contributed by atoms with Crippen molar-refractivity contribution >= 4 is 23.6 Å². The molecule has 0 bridgehead atoms. The van der Waals surface area contributed by atoms with Gasteiger partial charge in [0, 0.05) is 25.5 Å². The van der Waals surface area contributed by atoms with Gasteiger partial charge in [0.15, 0.2) is 0 Å². The summed E-state index contributed by atoms with van der Waals surface area (Å²) < 4.78 is 10.6. The van der Waals surface area contributed by atoms with Gasteiger partial charge in [-0.2, -0.15) is 5.26 Å². The van der Waals surface area contributed by atoms with Gasteiger partial charge in [-0.3, -0.25) is 9.59 Å². The van der Waals surface area contributed by atoms with Gasteiger partial charge in [0.05, 0.1) is 35.6 Å². The molecular weight excluding hydrogens is 378 g/mol. The number of carbonyl (C=O) groups excluding carboxylic acids is 2. The van der Waals surface area contributed by atoms with Crippen LogP contribution in [0, 0.1) is 11.3 Å². The van der Waals surface area contributed by atoms with Gasteiger partial charge >= 0.3 is 0 Å². The van der Waals surface area contributed by atoms with Crippen molar-refractivity contribution in [2.24, 2.45) is 0 Å². The van der Waals surface area contributed by atoms with E-state index >= 15 is 0 Å². The second-order valence-electron chi connectivity index (χ2n) is 6.66. The summed E-state index contributed by atoms with van der Waals surface area (Å²) in [5.74, 6) is 0.197. The molecule has 1 aromatic carbocycles. The molecule has 1 fully saturated rings. The van der Waals surface area contributed by atoms with E-state index in [0.29, 0.717) is 22.9 Å². The van der Waals surface area contributed by atoms with E-state index < -0.39 is 0 Å². The molecule has 2 aliphatic heterocycles. The lowest BCUT2D eigenvalue weighted by molar-refractivity contribution is -0.121. The van der Waals surface area contributed by atoms with Crippen LogP contribution in [0.1, 0.15) is 30.7 Å². The number of methoxy groups -OCH3 is 1. The first-order valence-corrected chi connectivity index (χ1v) is 10.2. The molecule has 1 aromatic rings. The molecule has 7 nitrogen and oxygen atoms in total. The van der Waals surface area contributed by atoms with Gasteiger partial charge in [0.2, 0.25) is 11.8 Å². The fraction of sp³-hybridized carbons (Fsp3) is 0.450. The van der Waals surface area contributed by atoms with Crippen LogP contribution in [0.5, 0.6) is 5.75 Å². The van der Waals surface area contributed by atoms with E-state index in [0.717, 1.165) is 25.0 Å². The Morgan fingerprint density at radius 2 is 2.21 bits per heavy atom. The van der Waals surface area contributed by atoms with E-state index in [9.17, 15) is 14.9 Å². The van der Waals surface area contributed by atoms with Gasteiger partial charge in [0.1, 0.15) is 5.75 Å². The molecule has 148 valence electrons. The van der Waals surface area contributed by atoms with Crippen LogP contribution in [0.3, 0.4) is 0 Å². The van der Waals surface area contributed by atoms with Gasteiger partial charge in [0.25, 0.3) is 0 Å². The molecule has 0 aromatic heterocycles. The number of ether oxygens (including phenoxy) is 2. The Hall–Kier alpha value is -2.50. The molecule has 2 aliphatic rings. The summed E-state index contributed by atoms with van der Waals surface area (Å²) in [5.41, 5.74) is 1.34. The van der Waals surface area contributed by atoms with E-state index in [2.05, 4.69) is 16.7 Å². The number of hydrogen-bond donors (Lipinski definition) is 2. The van der Waals surface area contributed by atoms with Crippen LogP contribution in [0.15, 0.2) is 34.9 Å². The molecule has 8 heteroatoms. The molecule has 2 N–H and O–H groups in total. The molecule has 0 unspecified atom stereocenters. The summed E-state index contributed by atoms with van der Waals surface area (Å²) in [4.78, 5) is 24.3. The van der Waals surface area contributed by atoms with Crippen LogP contribution in [0.4, 0.5) is 0 Å². The van der Waals surface area contributed by atoms with Gasteiger partial charge in [-0.05, 0) is 30.5 Å². The van der Waals surface area contributed by atoms with Crippen molar-refractivity contribution in [2.45, 2.75) is 31.3 Å². The highest BCUT2D eigenvalue weighted by Gasteiger charge is 2.30.